The molecule has 0 N–H and O–H groups in total. The minimum absolute atomic E-state index is 0.284. The Hall–Kier alpha value is -1.95. The summed E-state index contributed by atoms with van der Waals surface area (Å²) in [6, 6.07) is 4.27. The highest BCUT2D eigenvalue weighted by Gasteiger charge is 2.32. The van der Waals surface area contributed by atoms with Crippen molar-refractivity contribution in [3.63, 3.8) is 0 Å². The van der Waals surface area contributed by atoms with E-state index in [0.717, 1.165) is 36.2 Å². The smallest absolute Gasteiger partial charge is 0.244 e. The summed E-state index contributed by atoms with van der Waals surface area (Å²) in [7, 11) is 3.96. The maximum absolute atomic E-state index is 5.66. The van der Waals surface area contributed by atoms with Crippen LogP contribution in [-0.2, 0) is 0 Å². The molecule has 3 heterocycles. The Morgan fingerprint density at radius 1 is 1.12 bits per heavy atom. The maximum atomic E-state index is 5.66. The van der Waals surface area contributed by atoms with Gasteiger partial charge in [0.25, 0.3) is 0 Å². The Bertz CT molecular complexity index is 705. The van der Waals surface area contributed by atoms with Crippen molar-refractivity contribution >= 4 is 5.82 Å². The lowest BCUT2D eigenvalue weighted by Gasteiger charge is -2.29. The van der Waals surface area contributed by atoms with Crippen molar-refractivity contribution in [1.29, 1.82) is 0 Å². The third-order valence-corrected chi connectivity index (χ3v) is 5.77. The van der Waals surface area contributed by atoms with Crippen LogP contribution in [0.3, 0.4) is 0 Å². The SMILES string of the molecule is CN(C)c1ccc(-c2noc(C3CCCN3CC3CCCCC3)n2)cn1. The molecule has 1 aliphatic heterocycles. The van der Waals surface area contributed by atoms with Gasteiger partial charge in [-0.25, -0.2) is 4.98 Å². The summed E-state index contributed by atoms with van der Waals surface area (Å²) in [5.41, 5.74) is 0.905. The molecule has 0 aromatic carbocycles. The predicted molar refractivity (Wildman–Crippen MR) is 102 cm³/mol. The van der Waals surface area contributed by atoms with Crippen LogP contribution >= 0.6 is 0 Å². The van der Waals surface area contributed by atoms with Gasteiger partial charge >= 0.3 is 0 Å². The minimum Gasteiger partial charge on any atom is -0.363 e. The molecule has 2 aromatic rings. The lowest BCUT2D eigenvalue weighted by molar-refractivity contribution is 0.163. The summed E-state index contributed by atoms with van der Waals surface area (Å²) < 4.78 is 5.66. The van der Waals surface area contributed by atoms with Gasteiger partial charge in [-0.2, -0.15) is 4.98 Å². The second-order valence-electron chi connectivity index (χ2n) is 7.91. The molecule has 1 saturated heterocycles. The van der Waals surface area contributed by atoms with Crippen molar-refractivity contribution in [2.24, 2.45) is 5.92 Å². The highest BCUT2D eigenvalue weighted by molar-refractivity contribution is 5.55. The van der Waals surface area contributed by atoms with Crippen LogP contribution in [0.15, 0.2) is 22.9 Å². The summed E-state index contributed by atoms with van der Waals surface area (Å²) in [6.45, 7) is 2.33. The quantitative estimate of drug-likeness (QED) is 0.810. The van der Waals surface area contributed by atoms with E-state index in [1.807, 2.05) is 37.3 Å². The van der Waals surface area contributed by atoms with Crippen LogP contribution in [-0.4, -0.2) is 47.2 Å². The first kappa shape index (κ1) is 17.5. The zero-order chi connectivity index (χ0) is 17.9. The number of likely N-dealkylation sites (tertiary alicyclic amines) is 1. The Labute approximate surface area is 155 Å². The van der Waals surface area contributed by atoms with Gasteiger partial charge in [0.05, 0.1) is 6.04 Å². The van der Waals surface area contributed by atoms with Crippen LogP contribution in [0.5, 0.6) is 0 Å². The lowest BCUT2D eigenvalue weighted by Crippen LogP contribution is -2.30. The van der Waals surface area contributed by atoms with Crippen molar-refractivity contribution in [2.45, 2.75) is 51.0 Å². The van der Waals surface area contributed by atoms with E-state index in [4.69, 9.17) is 9.51 Å². The second kappa shape index (κ2) is 7.74. The van der Waals surface area contributed by atoms with Crippen LogP contribution in [0.4, 0.5) is 5.82 Å². The molecule has 1 aliphatic carbocycles. The van der Waals surface area contributed by atoms with Crippen molar-refractivity contribution in [2.75, 3.05) is 32.1 Å². The predicted octanol–water partition coefficient (Wildman–Crippen LogP) is 3.91. The molecule has 1 atom stereocenters. The molecule has 1 saturated carbocycles. The fourth-order valence-electron chi connectivity index (χ4n) is 4.30. The summed E-state index contributed by atoms with van der Waals surface area (Å²) in [5, 5.41) is 4.22. The molecule has 0 bridgehead atoms. The van der Waals surface area contributed by atoms with Gasteiger partial charge in [0.1, 0.15) is 5.82 Å². The van der Waals surface area contributed by atoms with E-state index in [-0.39, 0.29) is 6.04 Å². The molecule has 26 heavy (non-hydrogen) atoms. The van der Waals surface area contributed by atoms with Gasteiger partial charge in [-0.05, 0) is 50.3 Å². The van der Waals surface area contributed by atoms with Gasteiger partial charge in [0.2, 0.25) is 11.7 Å². The second-order valence-corrected chi connectivity index (χ2v) is 7.91. The molecule has 6 heteroatoms. The van der Waals surface area contributed by atoms with Crippen LogP contribution in [0.1, 0.15) is 56.9 Å². The van der Waals surface area contributed by atoms with Crippen molar-refractivity contribution < 1.29 is 4.52 Å². The number of aromatic nitrogens is 3. The van der Waals surface area contributed by atoms with Gasteiger partial charge in [-0.1, -0.05) is 24.4 Å². The zero-order valence-corrected chi connectivity index (χ0v) is 15.9. The van der Waals surface area contributed by atoms with Crippen molar-refractivity contribution in [3.05, 3.63) is 24.2 Å². The lowest BCUT2D eigenvalue weighted by atomic mass is 9.89. The zero-order valence-electron chi connectivity index (χ0n) is 15.9. The Kier molecular flexibility index (Phi) is 5.20. The monoisotopic (exact) mass is 355 g/mol. The molecule has 4 rings (SSSR count). The first-order valence-corrected chi connectivity index (χ1v) is 9.92. The molecule has 0 radical (unpaired) electrons. The number of hydrogen-bond acceptors (Lipinski definition) is 6. The molecule has 2 fully saturated rings. The van der Waals surface area contributed by atoms with Crippen molar-refractivity contribution in [3.8, 4) is 11.4 Å². The average Bonchev–Trinajstić information content (AvgIpc) is 3.32. The summed E-state index contributed by atoms with van der Waals surface area (Å²) in [4.78, 5) is 13.7. The number of rotatable bonds is 5. The topological polar surface area (TPSA) is 58.3 Å². The largest absolute Gasteiger partial charge is 0.363 e. The summed E-state index contributed by atoms with van der Waals surface area (Å²) in [5.74, 6) is 3.17. The third-order valence-electron chi connectivity index (χ3n) is 5.77. The summed E-state index contributed by atoms with van der Waals surface area (Å²) >= 11 is 0. The first-order chi connectivity index (χ1) is 12.7. The van der Waals surface area contributed by atoms with E-state index in [9.17, 15) is 0 Å². The average molecular weight is 355 g/mol. The van der Waals surface area contributed by atoms with Crippen LogP contribution in [0.2, 0.25) is 0 Å². The van der Waals surface area contributed by atoms with E-state index >= 15 is 0 Å². The Morgan fingerprint density at radius 2 is 1.96 bits per heavy atom. The van der Waals surface area contributed by atoms with Gasteiger partial charge in [-0.3, -0.25) is 4.90 Å². The van der Waals surface area contributed by atoms with E-state index in [0.29, 0.717) is 5.82 Å². The van der Waals surface area contributed by atoms with Crippen LogP contribution < -0.4 is 4.90 Å². The highest BCUT2D eigenvalue weighted by Crippen LogP contribution is 2.35. The molecule has 0 amide bonds. The first-order valence-electron chi connectivity index (χ1n) is 9.92. The molecule has 6 nitrogen and oxygen atoms in total. The van der Waals surface area contributed by atoms with Crippen molar-refractivity contribution in [1.82, 2.24) is 20.0 Å². The van der Waals surface area contributed by atoms with E-state index in [2.05, 4.69) is 15.0 Å². The van der Waals surface area contributed by atoms with Crippen LogP contribution in [0.25, 0.3) is 11.4 Å². The van der Waals surface area contributed by atoms with Gasteiger partial charge in [-0.15, -0.1) is 0 Å². The Balaban J connectivity index is 1.46. The molecule has 140 valence electrons. The standard InChI is InChI=1S/C20H29N5O/c1-24(2)18-11-10-16(13-21-18)19-22-20(26-23-19)17-9-6-12-25(17)14-15-7-4-3-5-8-15/h10-11,13,15,17H,3-9,12,14H2,1-2H3. The molecule has 2 aromatic heterocycles. The fourth-order valence-corrected chi connectivity index (χ4v) is 4.30. The third kappa shape index (κ3) is 3.75. The molecular formula is C20H29N5O. The normalized spacial score (nSPS) is 22.0. The molecule has 2 aliphatic rings. The molecule has 1 unspecified atom stereocenters. The van der Waals surface area contributed by atoms with Gasteiger partial charge in [0.15, 0.2) is 0 Å². The number of hydrogen-bond donors (Lipinski definition) is 0. The number of anilines is 1. The Morgan fingerprint density at radius 3 is 2.69 bits per heavy atom. The highest BCUT2D eigenvalue weighted by atomic mass is 16.5. The van der Waals surface area contributed by atoms with E-state index in [1.165, 1.54) is 45.1 Å². The molecule has 0 spiro atoms. The van der Waals surface area contributed by atoms with Crippen LogP contribution in [0, 0.1) is 5.92 Å². The maximum Gasteiger partial charge on any atom is 0.244 e. The summed E-state index contributed by atoms with van der Waals surface area (Å²) in [6.07, 6.45) is 11.1. The van der Waals surface area contributed by atoms with Gasteiger partial charge < -0.3 is 9.42 Å². The minimum atomic E-state index is 0.284. The fraction of sp³-hybridized carbons (Fsp3) is 0.650. The van der Waals surface area contributed by atoms with E-state index < -0.39 is 0 Å². The van der Waals surface area contributed by atoms with E-state index in [1.54, 1.807) is 0 Å². The van der Waals surface area contributed by atoms with Gasteiger partial charge in [0, 0.05) is 32.4 Å². The number of pyridine rings is 1. The molecular weight excluding hydrogens is 326 g/mol. The number of nitrogens with zero attached hydrogens (tertiary/aromatic N) is 5.